The maximum absolute atomic E-state index is 9.21. The van der Waals surface area contributed by atoms with Crippen molar-refractivity contribution in [1.29, 1.82) is 0 Å². The number of likely N-dealkylation sites (N-methyl/N-ethyl adjacent to an activating group) is 2. The van der Waals surface area contributed by atoms with Gasteiger partial charge in [-0.05, 0) is 21.1 Å². The lowest BCUT2D eigenvalue weighted by molar-refractivity contribution is 0.128. The fourth-order valence-corrected chi connectivity index (χ4v) is 0.896. The summed E-state index contributed by atoms with van der Waals surface area (Å²) in [6.07, 6.45) is -0.392. The summed E-state index contributed by atoms with van der Waals surface area (Å²) in [6, 6.07) is 0. The van der Waals surface area contributed by atoms with Gasteiger partial charge in [0.2, 0.25) is 0 Å². The second kappa shape index (κ2) is 6.37. The van der Waals surface area contributed by atoms with E-state index in [0.717, 1.165) is 13.1 Å². The van der Waals surface area contributed by atoms with E-state index >= 15 is 0 Å². The van der Waals surface area contributed by atoms with Gasteiger partial charge in [-0.2, -0.15) is 0 Å². The van der Waals surface area contributed by atoms with Crippen molar-refractivity contribution in [3.8, 4) is 0 Å². The van der Waals surface area contributed by atoms with Crippen molar-refractivity contribution in [2.45, 2.75) is 6.10 Å². The zero-order valence-electron chi connectivity index (χ0n) is 8.32. The van der Waals surface area contributed by atoms with Crippen LogP contribution in [0.25, 0.3) is 0 Å². The average molecular weight is 175 g/mol. The van der Waals surface area contributed by atoms with Gasteiger partial charge in [0.15, 0.2) is 0 Å². The van der Waals surface area contributed by atoms with Gasteiger partial charge < -0.3 is 20.6 Å². The van der Waals surface area contributed by atoms with Crippen molar-refractivity contribution in [1.82, 2.24) is 9.80 Å². The molecule has 1 atom stereocenters. The van der Waals surface area contributed by atoms with Crippen LogP contribution in [0.15, 0.2) is 0 Å². The second-order valence-corrected chi connectivity index (χ2v) is 3.46. The van der Waals surface area contributed by atoms with Crippen LogP contribution in [0.4, 0.5) is 0 Å². The number of hydrogen-bond donors (Lipinski definition) is 2. The van der Waals surface area contributed by atoms with Gasteiger partial charge in [-0.15, -0.1) is 0 Å². The molecular formula is C8H21N3O. The van der Waals surface area contributed by atoms with E-state index in [1.54, 1.807) is 0 Å². The van der Waals surface area contributed by atoms with Crippen LogP contribution in [0.5, 0.6) is 0 Å². The standard InChI is InChI=1S/C8H21N3O/c1-10(2)4-5-11(3)7-8(12)6-9/h8,12H,4-7,9H2,1-3H3. The van der Waals surface area contributed by atoms with Crippen molar-refractivity contribution in [2.75, 3.05) is 47.3 Å². The Balaban J connectivity index is 3.39. The van der Waals surface area contributed by atoms with Gasteiger partial charge in [0.1, 0.15) is 0 Å². The Kier molecular flexibility index (Phi) is 6.28. The molecule has 0 aliphatic rings. The van der Waals surface area contributed by atoms with Crippen LogP contribution in [-0.2, 0) is 0 Å². The van der Waals surface area contributed by atoms with Crippen molar-refractivity contribution in [3.05, 3.63) is 0 Å². The first-order chi connectivity index (χ1) is 5.56. The lowest BCUT2D eigenvalue weighted by Crippen LogP contribution is -2.37. The fourth-order valence-electron chi connectivity index (χ4n) is 0.896. The first kappa shape index (κ1) is 11.8. The number of nitrogens with zero attached hydrogens (tertiary/aromatic N) is 2. The molecule has 0 aromatic heterocycles. The Morgan fingerprint density at radius 2 is 1.83 bits per heavy atom. The molecule has 12 heavy (non-hydrogen) atoms. The lowest BCUT2D eigenvalue weighted by Gasteiger charge is -2.21. The average Bonchev–Trinajstić information content (AvgIpc) is 2.00. The molecular weight excluding hydrogens is 154 g/mol. The topological polar surface area (TPSA) is 52.7 Å². The number of rotatable bonds is 6. The molecule has 0 bridgehead atoms. The molecule has 0 fully saturated rings. The first-order valence-electron chi connectivity index (χ1n) is 4.27. The number of hydrogen-bond acceptors (Lipinski definition) is 4. The van der Waals surface area contributed by atoms with E-state index in [4.69, 9.17) is 5.73 Å². The minimum atomic E-state index is -0.392. The summed E-state index contributed by atoms with van der Waals surface area (Å²) in [4.78, 5) is 4.20. The minimum absolute atomic E-state index is 0.340. The van der Waals surface area contributed by atoms with Crippen LogP contribution >= 0.6 is 0 Å². The zero-order valence-corrected chi connectivity index (χ0v) is 8.32. The summed E-state index contributed by atoms with van der Waals surface area (Å²) < 4.78 is 0. The number of aliphatic hydroxyl groups excluding tert-OH is 1. The molecule has 0 aliphatic carbocycles. The highest BCUT2D eigenvalue weighted by Gasteiger charge is 2.05. The van der Waals surface area contributed by atoms with Crippen LogP contribution in [-0.4, -0.2) is 68.3 Å². The predicted molar refractivity (Wildman–Crippen MR) is 51.1 cm³/mol. The van der Waals surface area contributed by atoms with Crippen LogP contribution in [0.1, 0.15) is 0 Å². The predicted octanol–water partition coefficient (Wildman–Crippen LogP) is -1.20. The van der Waals surface area contributed by atoms with Crippen molar-refractivity contribution >= 4 is 0 Å². The normalized spacial score (nSPS) is 14.2. The van der Waals surface area contributed by atoms with E-state index in [1.165, 1.54) is 0 Å². The summed E-state index contributed by atoms with van der Waals surface area (Å²) in [5.74, 6) is 0. The largest absolute Gasteiger partial charge is 0.390 e. The van der Waals surface area contributed by atoms with Crippen LogP contribution in [0.2, 0.25) is 0 Å². The molecule has 0 saturated carbocycles. The highest BCUT2D eigenvalue weighted by Crippen LogP contribution is 1.87. The molecule has 0 amide bonds. The van der Waals surface area contributed by atoms with Gasteiger partial charge in [-0.25, -0.2) is 0 Å². The van der Waals surface area contributed by atoms with E-state index in [2.05, 4.69) is 9.80 Å². The molecule has 4 heteroatoms. The smallest absolute Gasteiger partial charge is 0.0789 e. The van der Waals surface area contributed by atoms with Crippen LogP contribution in [0.3, 0.4) is 0 Å². The summed E-state index contributed by atoms with van der Waals surface area (Å²) in [5, 5.41) is 9.21. The van der Waals surface area contributed by atoms with E-state index in [-0.39, 0.29) is 0 Å². The molecule has 0 heterocycles. The summed E-state index contributed by atoms with van der Waals surface area (Å²) in [6.45, 7) is 2.97. The van der Waals surface area contributed by atoms with Gasteiger partial charge in [0, 0.05) is 26.2 Å². The van der Waals surface area contributed by atoms with Gasteiger partial charge in [0.05, 0.1) is 6.10 Å². The van der Waals surface area contributed by atoms with Gasteiger partial charge in [-0.3, -0.25) is 0 Å². The summed E-state index contributed by atoms with van der Waals surface area (Å²) in [7, 11) is 6.06. The zero-order chi connectivity index (χ0) is 9.56. The highest BCUT2D eigenvalue weighted by atomic mass is 16.3. The van der Waals surface area contributed by atoms with Crippen molar-refractivity contribution < 1.29 is 5.11 Å². The van der Waals surface area contributed by atoms with E-state index < -0.39 is 6.10 Å². The third-order valence-electron chi connectivity index (χ3n) is 1.72. The minimum Gasteiger partial charge on any atom is -0.390 e. The molecule has 0 spiro atoms. The first-order valence-corrected chi connectivity index (χ1v) is 4.27. The SMILES string of the molecule is CN(C)CCN(C)CC(O)CN. The Labute approximate surface area is 74.9 Å². The van der Waals surface area contributed by atoms with Crippen LogP contribution < -0.4 is 5.73 Å². The molecule has 0 saturated heterocycles. The monoisotopic (exact) mass is 175 g/mol. The molecule has 0 aromatic rings. The molecule has 1 unspecified atom stereocenters. The Morgan fingerprint density at radius 3 is 2.25 bits per heavy atom. The van der Waals surface area contributed by atoms with E-state index in [0.29, 0.717) is 13.1 Å². The Bertz CT molecular complexity index is 108. The quantitative estimate of drug-likeness (QED) is 0.532. The Hall–Kier alpha value is -0.160. The molecule has 74 valence electrons. The van der Waals surface area contributed by atoms with Gasteiger partial charge in [0.25, 0.3) is 0 Å². The molecule has 3 N–H and O–H groups in total. The lowest BCUT2D eigenvalue weighted by atomic mass is 10.3. The summed E-state index contributed by atoms with van der Waals surface area (Å²) >= 11 is 0. The fraction of sp³-hybridized carbons (Fsp3) is 1.00. The molecule has 4 nitrogen and oxygen atoms in total. The molecule has 0 radical (unpaired) electrons. The number of nitrogens with two attached hydrogens (primary N) is 1. The maximum atomic E-state index is 9.21. The third kappa shape index (κ3) is 6.54. The molecule has 0 aliphatic heterocycles. The maximum Gasteiger partial charge on any atom is 0.0789 e. The molecule has 0 rings (SSSR count). The van der Waals surface area contributed by atoms with E-state index in [9.17, 15) is 5.11 Å². The van der Waals surface area contributed by atoms with Crippen LogP contribution in [0, 0.1) is 0 Å². The van der Waals surface area contributed by atoms with Gasteiger partial charge >= 0.3 is 0 Å². The van der Waals surface area contributed by atoms with E-state index in [1.807, 2.05) is 21.1 Å². The van der Waals surface area contributed by atoms with Crippen molar-refractivity contribution in [2.24, 2.45) is 5.73 Å². The Morgan fingerprint density at radius 1 is 1.25 bits per heavy atom. The van der Waals surface area contributed by atoms with Crippen molar-refractivity contribution in [3.63, 3.8) is 0 Å². The summed E-state index contributed by atoms with van der Waals surface area (Å²) in [5.41, 5.74) is 5.29. The third-order valence-corrected chi connectivity index (χ3v) is 1.72. The van der Waals surface area contributed by atoms with Gasteiger partial charge in [-0.1, -0.05) is 0 Å². The number of aliphatic hydroxyl groups is 1. The highest BCUT2D eigenvalue weighted by molar-refractivity contribution is 4.62. The second-order valence-electron chi connectivity index (χ2n) is 3.46. The molecule has 0 aromatic carbocycles.